The summed E-state index contributed by atoms with van der Waals surface area (Å²) in [6.45, 7) is 0.0214. The van der Waals surface area contributed by atoms with E-state index in [4.69, 9.17) is 4.74 Å². The van der Waals surface area contributed by atoms with Crippen LogP contribution in [-0.4, -0.2) is 24.5 Å². The van der Waals surface area contributed by atoms with Gasteiger partial charge in [0.05, 0.1) is 7.11 Å². The maximum Gasteiger partial charge on any atom is 0.322 e. The molecule has 82 valence electrons. The topological polar surface area (TPSA) is 35.5 Å². The fourth-order valence-corrected chi connectivity index (χ4v) is 1.24. The Labute approximate surface area is 95.3 Å². The third-order valence-corrected chi connectivity index (χ3v) is 2.32. The molecule has 0 amide bonds. The van der Waals surface area contributed by atoms with Gasteiger partial charge in [-0.05, 0) is 12.1 Å². The predicted octanol–water partition coefficient (Wildman–Crippen LogP) is 2.14. The van der Waals surface area contributed by atoms with E-state index in [2.05, 4.69) is 20.7 Å². The number of hydrogen-bond acceptors (Lipinski definition) is 3. The third-order valence-electron chi connectivity index (χ3n) is 1.68. The van der Waals surface area contributed by atoms with Gasteiger partial charge in [0.1, 0.15) is 11.4 Å². The number of carbonyl (C=O) groups excluding carboxylic acids is 1. The first-order valence-corrected chi connectivity index (χ1v) is 5.16. The van der Waals surface area contributed by atoms with E-state index >= 15 is 0 Å². The molecule has 0 aliphatic carbocycles. The SMILES string of the molecule is COC(=O)C(Br)COc1ccccc1F. The molecule has 0 N–H and O–H groups in total. The Balaban J connectivity index is 2.50. The van der Waals surface area contributed by atoms with Crippen molar-refractivity contribution in [2.75, 3.05) is 13.7 Å². The Kier molecular flexibility index (Phi) is 4.55. The summed E-state index contributed by atoms with van der Waals surface area (Å²) in [6, 6.07) is 6.00. The van der Waals surface area contributed by atoms with Crippen LogP contribution >= 0.6 is 15.9 Å². The lowest BCUT2D eigenvalue weighted by Gasteiger charge is -2.10. The number of carbonyl (C=O) groups is 1. The molecule has 0 saturated heterocycles. The molecule has 5 heteroatoms. The molecule has 1 aromatic carbocycles. The molecule has 0 aliphatic heterocycles. The molecule has 0 saturated carbocycles. The Morgan fingerprint density at radius 3 is 2.80 bits per heavy atom. The first-order chi connectivity index (χ1) is 7.15. The van der Waals surface area contributed by atoms with Crippen molar-refractivity contribution in [1.82, 2.24) is 0 Å². The van der Waals surface area contributed by atoms with Crippen LogP contribution in [0.1, 0.15) is 0 Å². The van der Waals surface area contributed by atoms with Crippen LogP contribution in [0.25, 0.3) is 0 Å². The summed E-state index contributed by atoms with van der Waals surface area (Å²) in [5, 5.41) is 0. The molecule has 15 heavy (non-hydrogen) atoms. The zero-order valence-corrected chi connectivity index (χ0v) is 9.66. The fourth-order valence-electron chi connectivity index (χ4n) is 0.921. The Bertz CT molecular complexity index is 343. The lowest BCUT2D eigenvalue weighted by molar-refractivity contribution is -0.140. The van der Waals surface area contributed by atoms with Crippen molar-refractivity contribution in [2.45, 2.75) is 4.83 Å². The molecule has 0 radical (unpaired) electrons. The monoisotopic (exact) mass is 276 g/mol. The average molecular weight is 277 g/mol. The average Bonchev–Trinajstić information content (AvgIpc) is 2.26. The van der Waals surface area contributed by atoms with Crippen LogP contribution in [0, 0.1) is 5.82 Å². The Morgan fingerprint density at radius 2 is 2.20 bits per heavy atom. The quantitative estimate of drug-likeness (QED) is 0.625. The second-order valence-corrected chi connectivity index (χ2v) is 3.84. The molecule has 0 bridgehead atoms. The van der Waals surface area contributed by atoms with E-state index in [1.54, 1.807) is 12.1 Å². The van der Waals surface area contributed by atoms with Gasteiger partial charge in [-0.25, -0.2) is 4.39 Å². The van der Waals surface area contributed by atoms with E-state index in [9.17, 15) is 9.18 Å². The van der Waals surface area contributed by atoms with E-state index in [1.807, 2.05) is 0 Å². The highest BCUT2D eigenvalue weighted by atomic mass is 79.9. The van der Waals surface area contributed by atoms with Gasteiger partial charge in [-0.3, -0.25) is 4.79 Å². The molecule has 1 rings (SSSR count). The molecule has 0 heterocycles. The maximum absolute atomic E-state index is 13.1. The summed E-state index contributed by atoms with van der Waals surface area (Å²) in [5.74, 6) is -0.792. The standard InChI is InChI=1S/C10H10BrFO3/c1-14-10(13)7(11)6-15-9-5-3-2-4-8(9)12/h2-5,7H,6H2,1H3. The van der Waals surface area contributed by atoms with Crippen molar-refractivity contribution >= 4 is 21.9 Å². The highest BCUT2D eigenvalue weighted by Gasteiger charge is 2.16. The lowest BCUT2D eigenvalue weighted by atomic mass is 10.3. The maximum atomic E-state index is 13.1. The van der Waals surface area contributed by atoms with Crippen LogP contribution in [-0.2, 0) is 9.53 Å². The van der Waals surface area contributed by atoms with Crippen molar-refractivity contribution in [2.24, 2.45) is 0 Å². The van der Waals surface area contributed by atoms with Crippen LogP contribution in [0.15, 0.2) is 24.3 Å². The van der Waals surface area contributed by atoms with Gasteiger partial charge < -0.3 is 9.47 Å². The molecular weight excluding hydrogens is 267 g/mol. The minimum atomic E-state index is -0.595. The summed E-state index contributed by atoms with van der Waals surface area (Å²) >= 11 is 3.06. The van der Waals surface area contributed by atoms with Gasteiger partial charge in [-0.1, -0.05) is 28.1 Å². The van der Waals surface area contributed by atoms with Gasteiger partial charge in [-0.2, -0.15) is 0 Å². The molecule has 1 aromatic rings. The second kappa shape index (κ2) is 5.70. The van der Waals surface area contributed by atoms with Crippen LogP contribution < -0.4 is 4.74 Å². The van der Waals surface area contributed by atoms with Crippen molar-refractivity contribution < 1.29 is 18.7 Å². The number of esters is 1. The van der Waals surface area contributed by atoms with Crippen LogP contribution in [0.3, 0.4) is 0 Å². The van der Waals surface area contributed by atoms with E-state index in [0.717, 1.165) is 0 Å². The number of methoxy groups -OCH3 is 1. The Hall–Kier alpha value is -1.10. The van der Waals surface area contributed by atoms with Crippen LogP contribution in [0.4, 0.5) is 4.39 Å². The zero-order valence-electron chi connectivity index (χ0n) is 8.07. The Morgan fingerprint density at radius 1 is 1.53 bits per heavy atom. The fraction of sp³-hybridized carbons (Fsp3) is 0.300. The molecule has 1 unspecified atom stereocenters. The minimum Gasteiger partial charge on any atom is -0.489 e. The number of hydrogen-bond donors (Lipinski definition) is 0. The lowest BCUT2D eigenvalue weighted by Crippen LogP contribution is -2.23. The van der Waals surface area contributed by atoms with Gasteiger partial charge in [0.25, 0.3) is 0 Å². The smallest absolute Gasteiger partial charge is 0.322 e. The molecule has 0 aromatic heterocycles. The van der Waals surface area contributed by atoms with Crippen molar-refractivity contribution in [1.29, 1.82) is 0 Å². The predicted molar refractivity (Wildman–Crippen MR) is 56.6 cm³/mol. The van der Waals surface area contributed by atoms with E-state index in [0.29, 0.717) is 0 Å². The summed E-state index contributed by atoms with van der Waals surface area (Å²) < 4.78 is 22.6. The molecule has 1 atom stereocenters. The first kappa shape index (κ1) is 12.0. The molecule has 0 spiro atoms. The second-order valence-electron chi connectivity index (χ2n) is 2.73. The number of para-hydroxylation sites is 1. The van der Waals surface area contributed by atoms with Crippen molar-refractivity contribution in [3.63, 3.8) is 0 Å². The normalized spacial score (nSPS) is 11.9. The highest BCUT2D eigenvalue weighted by Crippen LogP contribution is 2.16. The molecular formula is C10H10BrFO3. The number of rotatable bonds is 4. The van der Waals surface area contributed by atoms with E-state index in [1.165, 1.54) is 19.2 Å². The van der Waals surface area contributed by atoms with Gasteiger partial charge in [0, 0.05) is 0 Å². The summed E-state index contributed by atoms with van der Waals surface area (Å²) in [4.78, 5) is 10.4. The number of ether oxygens (including phenoxy) is 2. The molecule has 0 fully saturated rings. The van der Waals surface area contributed by atoms with Crippen LogP contribution in [0.5, 0.6) is 5.75 Å². The zero-order chi connectivity index (χ0) is 11.3. The molecule has 0 aliphatic rings. The van der Waals surface area contributed by atoms with Gasteiger partial charge in [0.2, 0.25) is 0 Å². The van der Waals surface area contributed by atoms with E-state index < -0.39 is 16.6 Å². The number of halogens is 2. The third kappa shape index (κ3) is 3.51. The summed E-state index contributed by atoms with van der Waals surface area (Å²) in [6.07, 6.45) is 0. The number of benzene rings is 1. The van der Waals surface area contributed by atoms with Crippen molar-refractivity contribution in [3.05, 3.63) is 30.1 Å². The van der Waals surface area contributed by atoms with Crippen LogP contribution in [0.2, 0.25) is 0 Å². The van der Waals surface area contributed by atoms with E-state index in [-0.39, 0.29) is 12.4 Å². The number of alkyl halides is 1. The van der Waals surface area contributed by atoms with Gasteiger partial charge in [-0.15, -0.1) is 0 Å². The first-order valence-electron chi connectivity index (χ1n) is 4.24. The minimum absolute atomic E-state index is 0.0214. The van der Waals surface area contributed by atoms with Crippen molar-refractivity contribution in [3.8, 4) is 5.75 Å². The largest absolute Gasteiger partial charge is 0.489 e. The highest BCUT2D eigenvalue weighted by molar-refractivity contribution is 9.10. The van der Waals surface area contributed by atoms with Gasteiger partial charge >= 0.3 is 5.97 Å². The molecule has 3 nitrogen and oxygen atoms in total. The summed E-state index contributed by atoms with van der Waals surface area (Å²) in [5.41, 5.74) is 0. The van der Waals surface area contributed by atoms with Gasteiger partial charge in [0.15, 0.2) is 11.6 Å². The summed E-state index contributed by atoms with van der Waals surface area (Å²) in [7, 11) is 1.28.